The number of carbonyl (C=O) groups excluding carboxylic acids is 1. The molecule has 1 aliphatic rings. The van der Waals surface area contributed by atoms with Gasteiger partial charge in [-0.1, -0.05) is 12.1 Å². The molecule has 1 N–H and O–H groups in total. The van der Waals surface area contributed by atoms with Gasteiger partial charge >= 0.3 is 11.7 Å². The third-order valence-corrected chi connectivity index (χ3v) is 4.36. The Kier molecular flexibility index (Phi) is 5.07. The minimum absolute atomic E-state index is 0.00152. The van der Waals surface area contributed by atoms with Gasteiger partial charge in [0.05, 0.1) is 23.3 Å². The van der Waals surface area contributed by atoms with Crippen LogP contribution in [0.2, 0.25) is 0 Å². The number of hydrogen-bond acceptors (Lipinski definition) is 7. The van der Waals surface area contributed by atoms with E-state index >= 15 is 0 Å². The Hall–Kier alpha value is -3.42. The Bertz CT molecular complexity index is 938. The summed E-state index contributed by atoms with van der Waals surface area (Å²) >= 11 is 0. The van der Waals surface area contributed by atoms with Crippen LogP contribution in [0.5, 0.6) is 11.5 Å². The third-order valence-electron chi connectivity index (χ3n) is 4.36. The highest BCUT2D eigenvalue weighted by atomic mass is 16.7. The number of methoxy groups -OCH3 is 1. The molecular formula is C19H18N2O6. The second kappa shape index (κ2) is 7.45. The standard InChI is InChI=1S/C19H18N2O6/c1-11-7-13-9-14(22)4-5-15(13)16(8-11)20-27-19(23)12-3-6-18(26-2)17(10-12)21(24)25/h3-6,9-11,22H,7-8H2,1-2H3/b20-16-/t11-/m0/s1. The quantitative estimate of drug-likeness (QED) is 0.501. The van der Waals surface area contributed by atoms with E-state index in [-0.39, 0.29) is 28.7 Å². The minimum Gasteiger partial charge on any atom is -0.508 e. The Morgan fingerprint density at radius 1 is 1.26 bits per heavy atom. The summed E-state index contributed by atoms with van der Waals surface area (Å²) in [5.41, 5.74) is 2.02. The van der Waals surface area contributed by atoms with Crippen molar-refractivity contribution in [1.29, 1.82) is 0 Å². The Labute approximate surface area is 155 Å². The van der Waals surface area contributed by atoms with E-state index in [0.717, 1.165) is 23.6 Å². The number of carbonyl (C=O) groups is 1. The molecule has 0 saturated heterocycles. The van der Waals surface area contributed by atoms with E-state index in [1.165, 1.54) is 19.2 Å². The van der Waals surface area contributed by atoms with Crippen molar-refractivity contribution >= 4 is 17.4 Å². The van der Waals surface area contributed by atoms with Crippen LogP contribution in [-0.2, 0) is 11.3 Å². The smallest absolute Gasteiger partial charge is 0.365 e. The molecule has 0 spiro atoms. The molecule has 0 amide bonds. The Balaban J connectivity index is 1.85. The van der Waals surface area contributed by atoms with Gasteiger partial charge in [0.25, 0.3) is 0 Å². The molecule has 0 aliphatic heterocycles. The number of benzene rings is 2. The number of fused-ring (bicyclic) bond motifs is 1. The fourth-order valence-electron chi connectivity index (χ4n) is 3.11. The van der Waals surface area contributed by atoms with E-state index in [9.17, 15) is 20.0 Å². The second-order valence-electron chi connectivity index (χ2n) is 6.42. The maximum atomic E-state index is 12.3. The van der Waals surface area contributed by atoms with E-state index in [1.54, 1.807) is 18.2 Å². The number of aromatic hydroxyl groups is 1. The van der Waals surface area contributed by atoms with Crippen molar-refractivity contribution in [2.75, 3.05) is 7.11 Å². The number of nitro benzene ring substituents is 1. The van der Waals surface area contributed by atoms with Gasteiger partial charge in [-0.15, -0.1) is 0 Å². The van der Waals surface area contributed by atoms with Gasteiger partial charge in [0.2, 0.25) is 0 Å². The van der Waals surface area contributed by atoms with E-state index in [0.29, 0.717) is 12.1 Å². The first-order chi connectivity index (χ1) is 12.9. The van der Waals surface area contributed by atoms with Crippen molar-refractivity contribution in [2.24, 2.45) is 11.1 Å². The van der Waals surface area contributed by atoms with Gasteiger partial charge in [0, 0.05) is 11.6 Å². The summed E-state index contributed by atoms with van der Waals surface area (Å²) in [5.74, 6) is -0.298. The summed E-state index contributed by atoms with van der Waals surface area (Å²) in [4.78, 5) is 27.8. The van der Waals surface area contributed by atoms with Gasteiger partial charge < -0.3 is 14.7 Å². The fraction of sp³-hybridized carbons (Fsp3) is 0.263. The highest BCUT2D eigenvalue weighted by Crippen LogP contribution is 2.30. The number of oxime groups is 1. The molecule has 2 aromatic carbocycles. The molecule has 0 saturated carbocycles. The number of hydrogen-bond donors (Lipinski definition) is 1. The predicted octanol–water partition coefficient (Wildman–Crippen LogP) is 3.45. The highest BCUT2D eigenvalue weighted by molar-refractivity contribution is 6.03. The lowest BCUT2D eigenvalue weighted by molar-refractivity contribution is -0.385. The lowest BCUT2D eigenvalue weighted by atomic mass is 9.83. The molecule has 27 heavy (non-hydrogen) atoms. The predicted molar refractivity (Wildman–Crippen MR) is 97.2 cm³/mol. The molecule has 2 aromatic rings. The summed E-state index contributed by atoms with van der Waals surface area (Å²) in [7, 11) is 1.31. The minimum atomic E-state index is -0.799. The average Bonchev–Trinajstić information content (AvgIpc) is 2.64. The van der Waals surface area contributed by atoms with Crippen LogP contribution in [-0.4, -0.2) is 28.8 Å². The lowest BCUT2D eigenvalue weighted by Crippen LogP contribution is -2.19. The molecule has 0 unspecified atom stereocenters. The molecule has 0 radical (unpaired) electrons. The zero-order valence-electron chi connectivity index (χ0n) is 14.8. The zero-order valence-corrected chi connectivity index (χ0v) is 14.8. The molecule has 1 atom stereocenters. The summed E-state index contributed by atoms with van der Waals surface area (Å²) < 4.78 is 4.92. The molecule has 8 nitrogen and oxygen atoms in total. The van der Waals surface area contributed by atoms with Crippen molar-refractivity contribution in [1.82, 2.24) is 0 Å². The van der Waals surface area contributed by atoms with Crippen LogP contribution in [0.4, 0.5) is 5.69 Å². The number of phenolic OH excluding ortho intramolecular Hbond substituents is 1. The maximum Gasteiger partial charge on any atom is 0.365 e. The van der Waals surface area contributed by atoms with Gasteiger partial charge in [-0.2, -0.15) is 0 Å². The first kappa shape index (κ1) is 18.4. The summed E-state index contributed by atoms with van der Waals surface area (Å²) in [6.07, 6.45) is 1.41. The number of ether oxygens (including phenoxy) is 1. The van der Waals surface area contributed by atoms with Crippen LogP contribution in [0.25, 0.3) is 0 Å². The van der Waals surface area contributed by atoms with E-state index in [4.69, 9.17) is 9.57 Å². The number of nitro groups is 1. The van der Waals surface area contributed by atoms with Crippen LogP contribution in [0, 0.1) is 16.0 Å². The number of phenols is 1. The van der Waals surface area contributed by atoms with Gasteiger partial charge in [0.15, 0.2) is 5.75 Å². The van der Waals surface area contributed by atoms with Crippen molar-refractivity contribution in [2.45, 2.75) is 19.8 Å². The highest BCUT2D eigenvalue weighted by Gasteiger charge is 2.23. The molecule has 1 aliphatic carbocycles. The molecule has 0 bridgehead atoms. The molecule has 0 fully saturated rings. The first-order valence-corrected chi connectivity index (χ1v) is 8.32. The van der Waals surface area contributed by atoms with Crippen LogP contribution in [0.3, 0.4) is 0 Å². The van der Waals surface area contributed by atoms with Crippen molar-refractivity contribution in [3.63, 3.8) is 0 Å². The molecular weight excluding hydrogens is 352 g/mol. The largest absolute Gasteiger partial charge is 0.508 e. The normalized spacial score (nSPS) is 17.3. The maximum absolute atomic E-state index is 12.3. The number of nitrogens with zero attached hydrogens (tertiary/aromatic N) is 2. The van der Waals surface area contributed by atoms with Gasteiger partial charge in [-0.3, -0.25) is 10.1 Å². The van der Waals surface area contributed by atoms with Gasteiger partial charge in [-0.25, -0.2) is 4.79 Å². The average molecular weight is 370 g/mol. The summed E-state index contributed by atoms with van der Waals surface area (Å²) in [5, 5.41) is 24.7. The van der Waals surface area contributed by atoms with Crippen LogP contribution in [0.1, 0.15) is 34.8 Å². The molecule has 140 valence electrons. The summed E-state index contributed by atoms with van der Waals surface area (Å²) in [6, 6.07) is 8.78. The topological polar surface area (TPSA) is 111 Å². The fourth-order valence-corrected chi connectivity index (χ4v) is 3.11. The SMILES string of the molecule is COc1ccc(C(=O)O/N=C2/C[C@@H](C)Cc3cc(O)ccc32)cc1[N+](=O)[O-]. The van der Waals surface area contributed by atoms with Gasteiger partial charge in [-0.05, 0) is 54.7 Å². The first-order valence-electron chi connectivity index (χ1n) is 8.32. The van der Waals surface area contributed by atoms with Crippen molar-refractivity contribution in [3.05, 3.63) is 63.2 Å². The monoisotopic (exact) mass is 370 g/mol. The second-order valence-corrected chi connectivity index (χ2v) is 6.42. The van der Waals surface area contributed by atoms with E-state index in [1.807, 2.05) is 6.92 Å². The molecule has 8 heteroatoms. The summed E-state index contributed by atoms with van der Waals surface area (Å²) in [6.45, 7) is 2.04. The molecule has 3 rings (SSSR count). The Morgan fingerprint density at radius 2 is 2.04 bits per heavy atom. The lowest BCUT2D eigenvalue weighted by Gasteiger charge is -2.22. The van der Waals surface area contributed by atoms with Crippen LogP contribution in [0.15, 0.2) is 41.6 Å². The molecule has 0 heterocycles. The van der Waals surface area contributed by atoms with Crippen LogP contribution >= 0.6 is 0 Å². The van der Waals surface area contributed by atoms with Crippen molar-refractivity contribution in [3.8, 4) is 11.5 Å². The van der Waals surface area contributed by atoms with E-state index in [2.05, 4.69) is 5.16 Å². The number of rotatable bonds is 4. The Morgan fingerprint density at radius 3 is 2.74 bits per heavy atom. The zero-order chi connectivity index (χ0) is 19.6. The van der Waals surface area contributed by atoms with Crippen LogP contribution < -0.4 is 4.74 Å². The third kappa shape index (κ3) is 3.89. The molecule has 0 aromatic heterocycles. The van der Waals surface area contributed by atoms with E-state index < -0.39 is 10.9 Å². The van der Waals surface area contributed by atoms with Crippen molar-refractivity contribution < 1.29 is 24.4 Å². The van der Waals surface area contributed by atoms with Gasteiger partial charge in [0.1, 0.15) is 5.75 Å².